The molecule has 8 nitrogen and oxygen atoms in total. The molecule has 8 heteroatoms. The summed E-state index contributed by atoms with van der Waals surface area (Å²) in [5, 5.41) is 5.66. The van der Waals surface area contributed by atoms with Crippen LogP contribution in [0.2, 0.25) is 0 Å². The molecule has 0 saturated heterocycles. The van der Waals surface area contributed by atoms with Crippen molar-refractivity contribution in [3.8, 4) is 5.75 Å². The molecule has 3 amide bonds. The number of anilines is 1. The van der Waals surface area contributed by atoms with Crippen molar-refractivity contribution in [1.29, 1.82) is 0 Å². The number of hydrogen-bond donors (Lipinski definition) is 2. The molecule has 0 spiro atoms. The van der Waals surface area contributed by atoms with Gasteiger partial charge in [-0.1, -0.05) is 44.0 Å². The topological polar surface area (TPSA) is 97.0 Å². The second kappa shape index (κ2) is 12.6. The van der Waals surface area contributed by atoms with Gasteiger partial charge >= 0.3 is 6.09 Å². The van der Waals surface area contributed by atoms with Crippen molar-refractivity contribution in [2.75, 3.05) is 19.5 Å². The molecule has 0 radical (unpaired) electrons. The Bertz CT molecular complexity index is 1090. The van der Waals surface area contributed by atoms with E-state index in [9.17, 15) is 14.4 Å². The minimum absolute atomic E-state index is 0.188. The van der Waals surface area contributed by atoms with Gasteiger partial charge in [0, 0.05) is 12.7 Å². The van der Waals surface area contributed by atoms with Crippen LogP contribution in [0.25, 0.3) is 0 Å². The smallest absolute Gasteiger partial charge is 0.408 e. The van der Waals surface area contributed by atoms with Crippen LogP contribution in [-0.2, 0) is 14.3 Å². The molecule has 3 unspecified atom stereocenters. The van der Waals surface area contributed by atoms with E-state index in [1.165, 1.54) is 4.90 Å². The number of alkyl carbamates (subject to hydrolysis) is 1. The molecule has 0 aliphatic carbocycles. The van der Waals surface area contributed by atoms with Gasteiger partial charge in [-0.25, -0.2) is 4.79 Å². The highest BCUT2D eigenvalue weighted by atomic mass is 16.6. The van der Waals surface area contributed by atoms with Crippen molar-refractivity contribution >= 4 is 23.6 Å². The van der Waals surface area contributed by atoms with Crippen molar-refractivity contribution < 1.29 is 23.9 Å². The average molecular weight is 512 g/mol. The van der Waals surface area contributed by atoms with E-state index in [0.717, 1.165) is 11.1 Å². The molecular formula is C29H41N3O5. The fraction of sp³-hybridized carbons (Fsp3) is 0.483. The van der Waals surface area contributed by atoms with Crippen LogP contribution < -0.4 is 15.4 Å². The van der Waals surface area contributed by atoms with Crippen molar-refractivity contribution in [2.45, 2.75) is 72.6 Å². The molecule has 0 heterocycles. The number of carbonyl (C=O) groups is 3. The molecule has 2 aromatic rings. The monoisotopic (exact) mass is 511 g/mol. The van der Waals surface area contributed by atoms with Crippen molar-refractivity contribution in [3.63, 3.8) is 0 Å². The Morgan fingerprint density at radius 2 is 1.65 bits per heavy atom. The van der Waals surface area contributed by atoms with E-state index >= 15 is 0 Å². The summed E-state index contributed by atoms with van der Waals surface area (Å²) in [6, 6.07) is 10.9. The van der Waals surface area contributed by atoms with Gasteiger partial charge in [-0.05, 0) is 75.9 Å². The lowest BCUT2D eigenvalue weighted by Gasteiger charge is -2.34. The number of rotatable bonds is 9. The zero-order chi connectivity index (χ0) is 27.9. The molecular weight excluding hydrogens is 470 g/mol. The lowest BCUT2D eigenvalue weighted by Crippen LogP contribution is -2.53. The standard InChI is InChI=1S/C29H41N3O5/c1-10-19(3)24(31-28(35)37-29(5,6)7)27(34)32(8)25(23-16-11-18(2)17-20(23)4)26(33)30-21-12-14-22(36-9)15-13-21/h11-17,19,24-25H,10H2,1-9H3,(H,30,33)(H,31,35). The number of hydrogen-bond acceptors (Lipinski definition) is 5. The number of ether oxygens (including phenoxy) is 2. The van der Waals surface area contributed by atoms with Gasteiger partial charge in [0.25, 0.3) is 5.91 Å². The Morgan fingerprint density at radius 3 is 2.16 bits per heavy atom. The van der Waals surface area contributed by atoms with Crippen molar-refractivity contribution in [1.82, 2.24) is 10.2 Å². The van der Waals surface area contributed by atoms with E-state index in [1.807, 2.05) is 45.9 Å². The zero-order valence-corrected chi connectivity index (χ0v) is 23.5. The van der Waals surface area contributed by atoms with E-state index in [-0.39, 0.29) is 17.7 Å². The summed E-state index contributed by atoms with van der Waals surface area (Å²) in [6.45, 7) is 13.0. The lowest BCUT2D eigenvalue weighted by molar-refractivity contribution is -0.140. The Morgan fingerprint density at radius 1 is 1.03 bits per heavy atom. The number of methoxy groups -OCH3 is 1. The summed E-state index contributed by atoms with van der Waals surface area (Å²) in [5.41, 5.74) is 2.50. The molecule has 0 aromatic heterocycles. The maximum atomic E-state index is 13.8. The van der Waals surface area contributed by atoms with Gasteiger partial charge in [0.05, 0.1) is 7.11 Å². The van der Waals surface area contributed by atoms with Gasteiger partial charge in [0.1, 0.15) is 23.4 Å². The Balaban J connectivity index is 2.43. The largest absolute Gasteiger partial charge is 0.497 e. The lowest BCUT2D eigenvalue weighted by atomic mass is 9.94. The van der Waals surface area contributed by atoms with Crippen LogP contribution in [-0.4, -0.2) is 48.6 Å². The van der Waals surface area contributed by atoms with Gasteiger partial charge in [0.2, 0.25) is 5.91 Å². The number of nitrogens with zero attached hydrogens (tertiary/aromatic N) is 1. The molecule has 0 saturated carbocycles. The number of likely N-dealkylation sites (N-methyl/N-ethyl adjacent to an activating group) is 1. The highest BCUT2D eigenvalue weighted by Gasteiger charge is 2.36. The molecule has 37 heavy (non-hydrogen) atoms. The third-order valence-corrected chi connectivity index (χ3v) is 6.21. The molecule has 2 N–H and O–H groups in total. The second-order valence-corrected chi connectivity index (χ2v) is 10.4. The van der Waals surface area contributed by atoms with Crippen LogP contribution >= 0.6 is 0 Å². The summed E-state index contributed by atoms with van der Waals surface area (Å²) < 4.78 is 10.6. The van der Waals surface area contributed by atoms with Gasteiger partial charge in [-0.2, -0.15) is 0 Å². The van der Waals surface area contributed by atoms with Crippen LogP contribution in [0.15, 0.2) is 42.5 Å². The minimum atomic E-state index is -0.929. The van der Waals surface area contributed by atoms with E-state index < -0.39 is 23.8 Å². The molecule has 2 aromatic carbocycles. The molecule has 0 bridgehead atoms. The van der Waals surface area contributed by atoms with Crippen molar-refractivity contribution in [2.24, 2.45) is 5.92 Å². The van der Waals surface area contributed by atoms with E-state index in [2.05, 4.69) is 10.6 Å². The predicted octanol–water partition coefficient (Wildman–Crippen LogP) is 5.39. The SMILES string of the molecule is CCC(C)C(NC(=O)OC(C)(C)C)C(=O)N(C)C(C(=O)Nc1ccc(OC)cc1)c1ccc(C)cc1C. The fourth-order valence-corrected chi connectivity index (χ4v) is 4.01. The van der Waals surface area contributed by atoms with Crippen LogP contribution in [0.3, 0.4) is 0 Å². The van der Waals surface area contributed by atoms with Gasteiger partial charge in [0.15, 0.2) is 0 Å². The molecule has 3 atom stereocenters. The molecule has 202 valence electrons. The number of carbonyl (C=O) groups excluding carboxylic acids is 3. The molecule has 0 fully saturated rings. The third-order valence-electron chi connectivity index (χ3n) is 6.21. The molecule has 0 aliphatic rings. The highest BCUT2D eigenvalue weighted by molar-refractivity contribution is 5.99. The van der Waals surface area contributed by atoms with Crippen LogP contribution in [0.4, 0.5) is 10.5 Å². The highest BCUT2D eigenvalue weighted by Crippen LogP contribution is 2.28. The maximum Gasteiger partial charge on any atom is 0.408 e. The summed E-state index contributed by atoms with van der Waals surface area (Å²) in [6.07, 6.45) is -0.0305. The first-order valence-corrected chi connectivity index (χ1v) is 12.6. The summed E-state index contributed by atoms with van der Waals surface area (Å²) in [5.74, 6) is -0.268. The predicted molar refractivity (Wildman–Crippen MR) is 146 cm³/mol. The Kier molecular flexibility index (Phi) is 10.1. The molecule has 2 rings (SSSR count). The maximum absolute atomic E-state index is 13.8. The first-order valence-electron chi connectivity index (χ1n) is 12.6. The number of nitrogens with one attached hydrogen (secondary N) is 2. The Hall–Kier alpha value is -3.55. The number of amides is 3. The summed E-state index contributed by atoms with van der Waals surface area (Å²) in [4.78, 5) is 41.5. The summed E-state index contributed by atoms with van der Waals surface area (Å²) >= 11 is 0. The Labute approximate surface area is 220 Å². The number of benzene rings is 2. The summed E-state index contributed by atoms with van der Waals surface area (Å²) in [7, 11) is 3.16. The minimum Gasteiger partial charge on any atom is -0.497 e. The first-order chi connectivity index (χ1) is 17.3. The van der Waals surface area contributed by atoms with Gasteiger partial charge < -0.3 is 25.0 Å². The van der Waals surface area contributed by atoms with Crippen LogP contribution in [0.1, 0.15) is 63.8 Å². The van der Waals surface area contributed by atoms with Gasteiger partial charge in [-0.3, -0.25) is 9.59 Å². The zero-order valence-electron chi connectivity index (χ0n) is 23.5. The van der Waals surface area contributed by atoms with E-state index in [0.29, 0.717) is 23.4 Å². The normalized spacial score (nSPS) is 13.6. The second-order valence-electron chi connectivity index (χ2n) is 10.4. The fourth-order valence-electron chi connectivity index (χ4n) is 4.01. The quantitative estimate of drug-likeness (QED) is 0.471. The van der Waals surface area contributed by atoms with Crippen molar-refractivity contribution in [3.05, 3.63) is 59.2 Å². The van der Waals surface area contributed by atoms with Crippen LogP contribution in [0, 0.1) is 19.8 Å². The van der Waals surface area contributed by atoms with E-state index in [1.54, 1.807) is 59.2 Å². The van der Waals surface area contributed by atoms with Crippen LogP contribution in [0.5, 0.6) is 5.75 Å². The van der Waals surface area contributed by atoms with Gasteiger partial charge in [-0.15, -0.1) is 0 Å². The average Bonchev–Trinajstić information content (AvgIpc) is 2.82. The third kappa shape index (κ3) is 8.23. The first kappa shape index (κ1) is 29.7. The molecule has 0 aliphatic heterocycles. The number of aryl methyl sites for hydroxylation is 2. The van der Waals surface area contributed by atoms with E-state index in [4.69, 9.17) is 9.47 Å².